The number of aromatic nitrogens is 3. The molecule has 10 nitrogen and oxygen atoms in total. The van der Waals surface area contributed by atoms with Crippen LogP contribution in [0.5, 0.6) is 17.5 Å². The predicted octanol–water partition coefficient (Wildman–Crippen LogP) is 4.29. The van der Waals surface area contributed by atoms with E-state index >= 15 is 0 Å². The lowest BCUT2D eigenvalue weighted by atomic mass is 10.1. The van der Waals surface area contributed by atoms with E-state index in [2.05, 4.69) is 15.0 Å². The van der Waals surface area contributed by atoms with E-state index in [1.807, 2.05) is 13.8 Å². The zero-order valence-corrected chi connectivity index (χ0v) is 20.1. The smallest absolute Gasteiger partial charge is 0.326 e. The Balaban J connectivity index is 1.33. The van der Waals surface area contributed by atoms with E-state index in [9.17, 15) is 19.1 Å². The van der Waals surface area contributed by atoms with Gasteiger partial charge in [-0.25, -0.2) is 19.2 Å². The van der Waals surface area contributed by atoms with Gasteiger partial charge in [-0.15, -0.1) is 0 Å². The summed E-state index contributed by atoms with van der Waals surface area (Å²) in [6.45, 7) is 3.81. The first-order chi connectivity index (χ1) is 17.8. The van der Waals surface area contributed by atoms with Crippen molar-refractivity contribution < 1.29 is 33.0 Å². The molecule has 0 saturated carbocycles. The highest BCUT2D eigenvalue weighted by Crippen LogP contribution is 2.32. The topological polar surface area (TPSA) is 128 Å². The van der Waals surface area contributed by atoms with Crippen LogP contribution in [0.3, 0.4) is 0 Å². The molecule has 2 aromatic heterocycles. The number of carboxylic acids is 1. The van der Waals surface area contributed by atoms with Crippen LogP contribution in [0.1, 0.15) is 24.0 Å². The van der Waals surface area contributed by atoms with Gasteiger partial charge in [-0.3, -0.25) is 4.79 Å². The average molecular weight is 506 g/mol. The van der Waals surface area contributed by atoms with E-state index < -0.39 is 17.8 Å². The van der Waals surface area contributed by atoms with Crippen LogP contribution in [-0.2, 0) is 9.59 Å². The summed E-state index contributed by atoms with van der Waals surface area (Å²) >= 11 is 0. The first-order valence-corrected chi connectivity index (χ1v) is 11.6. The Kier molecular flexibility index (Phi) is 6.43. The normalized spacial score (nSPS) is 15.2. The van der Waals surface area contributed by atoms with Gasteiger partial charge in [0.25, 0.3) is 11.6 Å². The van der Waals surface area contributed by atoms with Crippen LogP contribution in [-0.4, -0.2) is 56.0 Å². The minimum absolute atomic E-state index is 0.00915. The number of fused-ring (bicyclic) bond motifs is 1. The monoisotopic (exact) mass is 506 g/mol. The van der Waals surface area contributed by atoms with Crippen LogP contribution >= 0.6 is 0 Å². The number of hydrogen-bond acceptors (Lipinski definition) is 8. The first-order valence-electron chi connectivity index (χ1n) is 11.6. The second kappa shape index (κ2) is 9.84. The Hall–Kier alpha value is -4.54. The molecule has 0 radical (unpaired) electrons. The number of hydrogen-bond donors (Lipinski definition) is 1. The van der Waals surface area contributed by atoms with Crippen LogP contribution in [0.25, 0.3) is 22.7 Å². The quantitative estimate of drug-likeness (QED) is 0.390. The van der Waals surface area contributed by atoms with Crippen molar-refractivity contribution >= 4 is 23.1 Å². The summed E-state index contributed by atoms with van der Waals surface area (Å²) in [6, 6.07) is 8.65. The number of aryl methyl sites for hydroxylation is 2. The summed E-state index contributed by atoms with van der Waals surface area (Å²) in [6.07, 6.45) is 2.53. The van der Waals surface area contributed by atoms with Crippen molar-refractivity contribution in [3.8, 4) is 29.0 Å². The van der Waals surface area contributed by atoms with Crippen LogP contribution in [0.15, 0.2) is 47.0 Å². The fourth-order valence-corrected chi connectivity index (χ4v) is 4.36. The number of nitrogens with zero attached hydrogens (tertiary/aromatic N) is 4. The molecular formula is C26H23FN4O6. The van der Waals surface area contributed by atoms with Gasteiger partial charge in [-0.2, -0.15) is 4.98 Å². The third-order valence-corrected chi connectivity index (χ3v) is 6.07. The number of para-hydroxylation sites is 1. The molecule has 5 rings (SSSR count). The molecule has 0 aliphatic carbocycles. The van der Waals surface area contributed by atoms with E-state index in [-0.39, 0.29) is 30.0 Å². The maximum Gasteiger partial charge on any atom is 0.326 e. The minimum Gasteiger partial charge on any atom is -0.483 e. The fraction of sp³-hybridized carbons (Fsp3) is 0.269. The van der Waals surface area contributed by atoms with Crippen molar-refractivity contribution in [3.05, 3.63) is 59.5 Å². The Morgan fingerprint density at radius 1 is 1.19 bits per heavy atom. The number of halogens is 1. The molecule has 190 valence electrons. The molecule has 2 aromatic carbocycles. The summed E-state index contributed by atoms with van der Waals surface area (Å²) in [5, 5.41) is 9.31. The van der Waals surface area contributed by atoms with Crippen LogP contribution in [0, 0.1) is 19.7 Å². The lowest BCUT2D eigenvalue weighted by Crippen LogP contribution is -2.42. The third kappa shape index (κ3) is 4.92. The Labute approximate surface area is 210 Å². The largest absolute Gasteiger partial charge is 0.483 e. The molecule has 4 aromatic rings. The van der Waals surface area contributed by atoms with Gasteiger partial charge >= 0.3 is 12.0 Å². The molecule has 37 heavy (non-hydrogen) atoms. The molecule has 3 heterocycles. The van der Waals surface area contributed by atoms with Crippen molar-refractivity contribution in [2.45, 2.75) is 32.7 Å². The van der Waals surface area contributed by atoms with Crippen LogP contribution < -0.4 is 9.47 Å². The molecule has 0 spiro atoms. The summed E-state index contributed by atoms with van der Waals surface area (Å²) in [5.74, 6) is -1.09. The lowest BCUT2D eigenvalue weighted by Gasteiger charge is -2.22. The van der Waals surface area contributed by atoms with Crippen LogP contribution in [0.4, 0.5) is 4.39 Å². The number of aliphatic carboxylic acids is 1. The SMILES string of the molecule is Cc1cc(-c2nc3cnc(Oc4ccccc4F)nc3o2)cc(C)c1OCC(=O)N1CCCC1C(=O)O. The highest BCUT2D eigenvalue weighted by Gasteiger charge is 2.34. The van der Waals surface area contributed by atoms with Gasteiger partial charge in [-0.1, -0.05) is 12.1 Å². The molecule has 0 bridgehead atoms. The second-order valence-electron chi connectivity index (χ2n) is 8.71. The highest BCUT2D eigenvalue weighted by atomic mass is 19.1. The van der Waals surface area contributed by atoms with Gasteiger partial charge in [0.05, 0.1) is 6.20 Å². The standard InChI is InChI=1S/C26H23FN4O6/c1-14-10-16(11-15(2)22(14)35-13-21(32)31-9-5-7-19(31)25(33)34)23-29-18-12-28-26(30-24(18)37-23)36-20-8-4-3-6-17(20)27/h3-4,6,8,10-12,19H,5,7,9,13H2,1-2H3,(H,33,34). The zero-order chi connectivity index (χ0) is 26.1. The molecule has 1 aliphatic heterocycles. The summed E-state index contributed by atoms with van der Waals surface area (Å²) in [4.78, 5) is 38.0. The summed E-state index contributed by atoms with van der Waals surface area (Å²) in [5.41, 5.74) is 2.73. The summed E-state index contributed by atoms with van der Waals surface area (Å²) < 4.78 is 30.9. The number of carbonyl (C=O) groups excluding carboxylic acids is 1. The number of oxazole rings is 1. The van der Waals surface area contributed by atoms with E-state index in [1.165, 1.54) is 23.2 Å². The molecule has 1 amide bonds. The molecule has 1 aliphatic rings. The third-order valence-electron chi connectivity index (χ3n) is 6.07. The Morgan fingerprint density at radius 3 is 2.68 bits per heavy atom. The average Bonchev–Trinajstić information content (AvgIpc) is 3.52. The van der Waals surface area contributed by atoms with Crippen molar-refractivity contribution in [2.75, 3.05) is 13.2 Å². The fourth-order valence-electron chi connectivity index (χ4n) is 4.36. The number of ether oxygens (including phenoxy) is 2. The number of carbonyl (C=O) groups is 2. The molecule has 1 atom stereocenters. The van der Waals surface area contributed by atoms with Gasteiger partial charge in [0.1, 0.15) is 17.3 Å². The summed E-state index contributed by atoms with van der Waals surface area (Å²) in [7, 11) is 0. The van der Waals surface area contributed by atoms with Crippen molar-refractivity contribution in [3.63, 3.8) is 0 Å². The Morgan fingerprint density at radius 2 is 1.95 bits per heavy atom. The Bertz CT molecular complexity index is 1480. The molecule has 1 fully saturated rings. The molecule has 1 saturated heterocycles. The number of benzene rings is 2. The predicted molar refractivity (Wildman–Crippen MR) is 129 cm³/mol. The van der Waals surface area contributed by atoms with Crippen molar-refractivity contribution in [1.82, 2.24) is 19.9 Å². The lowest BCUT2D eigenvalue weighted by molar-refractivity contribution is -0.149. The molecule has 11 heteroatoms. The van der Waals surface area contributed by atoms with E-state index in [1.54, 1.807) is 24.3 Å². The number of carboxylic acid groups (broad SMARTS) is 1. The minimum atomic E-state index is -1.00. The van der Waals surface area contributed by atoms with E-state index in [0.717, 1.165) is 11.1 Å². The van der Waals surface area contributed by atoms with E-state index in [0.29, 0.717) is 42.1 Å². The number of amides is 1. The van der Waals surface area contributed by atoms with Crippen LogP contribution in [0.2, 0.25) is 0 Å². The molecular weight excluding hydrogens is 483 g/mol. The second-order valence-corrected chi connectivity index (χ2v) is 8.71. The molecule has 1 unspecified atom stereocenters. The number of likely N-dealkylation sites (tertiary alicyclic amines) is 1. The van der Waals surface area contributed by atoms with E-state index in [4.69, 9.17) is 13.9 Å². The maximum atomic E-state index is 13.9. The van der Waals surface area contributed by atoms with Crippen molar-refractivity contribution in [1.29, 1.82) is 0 Å². The number of rotatable bonds is 7. The first kappa shape index (κ1) is 24.2. The highest BCUT2D eigenvalue weighted by molar-refractivity contribution is 5.85. The van der Waals surface area contributed by atoms with Crippen molar-refractivity contribution in [2.24, 2.45) is 0 Å². The van der Waals surface area contributed by atoms with Gasteiger partial charge in [-0.05, 0) is 62.1 Å². The van der Waals surface area contributed by atoms with Gasteiger partial charge in [0.15, 0.2) is 18.2 Å². The zero-order valence-electron chi connectivity index (χ0n) is 20.1. The maximum absolute atomic E-state index is 13.9. The van der Waals surface area contributed by atoms with Gasteiger partial charge in [0.2, 0.25) is 5.89 Å². The van der Waals surface area contributed by atoms with Gasteiger partial charge < -0.3 is 23.9 Å². The van der Waals surface area contributed by atoms with Gasteiger partial charge in [0, 0.05) is 12.1 Å². The molecule has 1 N–H and O–H groups in total.